The molecule has 1 fully saturated rings. The number of anilines is 2. The van der Waals surface area contributed by atoms with Crippen LogP contribution in [-0.4, -0.2) is 30.9 Å². The van der Waals surface area contributed by atoms with E-state index in [0.29, 0.717) is 39.5 Å². The first-order valence-corrected chi connectivity index (χ1v) is 12.0. The number of hydrazine groups is 1. The molecule has 0 radical (unpaired) electrons. The fraction of sp³-hybridized carbons (Fsp3) is 0.148. The second-order valence-corrected chi connectivity index (χ2v) is 8.79. The van der Waals surface area contributed by atoms with Crippen LogP contribution in [0.2, 0.25) is 0 Å². The van der Waals surface area contributed by atoms with Gasteiger partial charge in [0, 0.05) is 10.2 Å². The van der Waals surface area contributed by atoms with Gasteiger partial charge in [-0.3, -0.25) is 19.8 Å². The summed E-state index contributed by atoms with van der Waals surface area (Å²) in [6, 6.07) is 19.6. The van der Waals surface area contributed by atoms with Crippen LogP contribution < -0.4 is 25.2 Å². The lowest BCUT2D eigenvalue weighted by molar-refractivity contribution is -0.118. The number of nitrogens with one attached hydrogen (secondary N) is 2. The highest BCUT2D eigenvalue weighted by molar-refractivity contribution is 9.10. The number of halogens is 1. The molecule has 0 bridgehead atoms. The van der Waals surface area contributed by atoms with Crippen molar-refractivity contribution in [3.05, 3.63) is 87.9 Å². The average molecular weight is 550 g/mol. The third-order valence-corrected chi connectivity index (χ3v) is 5.95. The second kappa shape index (κ2) is 11.1. The van der Waals surface area contributed by atoms with E-state index in [-0.39, 0.29) is 18.1 Å². The number of ether oxygens (including phenoxy) is 2. The largest absolute Gasteiger partial charge is 0.490 e. The van der Waals surface area contributed by atoms with Gasteiger partial charge < -0.3 is 14.8 Å². The maximum absolute atomic E-state index is 12.9. The van der Waals surface area contributed by atoms with Gasteiger partial charge in [0.05, 0.1) is 12.3 Å². The van der Waals surface area contributed by atoms with Crippen molar-refractivity contribution in [3.8, 4) is 11.5 Å². The first-order chi connectivity index (χ1) is 17.4. The third kappa shape index (κ3) is 5.75. The number of hydrogen-bond acceptors (Lipinski definition) is 5. The molecule has 3 aromatic rings. The first kappa shape index (κ1) is 25.0. The van der Waals surface area contributed by atoms with Gasteiger partial charge in [0.25, 0.3) is 17.7 Å². The zero-order chi connectivity index (χ0) is 25.7. The van der Waals surface area contributed by atoms with E-state index in [9.17, 15) is 14.4 Å². The molecule has 1 aliphatic heterocycles. The summed E-state index contributed by atoms with van der Waals surface area (Å²) in [5, 5.41) is 3.98. The average Bonchev–Trinajstić information content (AvgIpc) is 3.15. The van der Waals surface area contributed by atoms with Gasteiger partial charge in [-0.05, 0) is 61.9 Å². The Hall–Kier alpha value is -4.11. The molecule has 9 heteroatoms. The van der Waals surface area contributed by atoms with E-state index in [1.165, 1.54) is 11.1 Å². The van der Waals surface area contributed by atoms with Crippen LogP contribution in [0.1, 0.15) is 18.1 Å². The van der Waals surface area contributed by atoms with Crippen LogP contribution in [0.15, 0.2) is 76.8 Å². The summed E-state index contributed by atoms with van der Waals surface area (Å²) >= 11 is 3.47. The van der Waals surface area contributed by atoms with Crippen LogP contribution in [0.3, 0.4) is 0 Å². The number of para-hydroxylation sites is 1. The standard InChI is InChI=1S/C27H24BrN3O5/c1-3-35-23-14-18(13-21-26(33)30-31(27(21)34)20-7-5-4-6-8-20)22(28)15-24(23)36-16-25(32)29-19-11-9-17(2)10-12-19/h4-15H,3,16H2,1-2H3,(H,29,32)(H,30,33)/b21-13-. The third-order valence-electron chi connectivity index (χ3n) is 5.26. The SMILES string of the molecule is CCOc1cc(/C=C2/C(=O)NN(c3ccccc3)C2=O)c(Br)cc1OCC(=O)Nc1ccc(C)cc1. The van der Waals surface area contributed by atoms with Crippen LogP contribution >= 0.6 is 15.9 Å². The summed E-state index contributed by atoms with van der Waals surface area (Å²) in [4.78, 5) is 37.8. The fourth-order valence-electron chi connectivity index (χ4n) is 3.49. The smallest absolute Gasteiger partial charge is 0.282 e. The van der Waals surface area contributed by atoms with Gasteiger partial charge in [0.1, 0.15) is 5.57 Å². The Balaban J connectivity index is 1.52. The molecule has 1 heterocycles. The van der Waals surface area contributed by atoms with Gasteiger partial charge in [0.15, 0.2) is 18.1 Å². The molecule has 2 N–H and O–H groups in total. The highest BCUT2D eigenvalue weighted by Crippen LogP contribution is 2.35. The van der Waals surface area contributed by atoms with Crippen molar-refractivity contribution in [2.75, 3.05) is 23.5 Å². The molecule has 1 saturated heterocycles. The summed E-state index contributed by atoms with van der Waals surface area (Å²) in [7, 11) is 0. The van der Waals surface area contributed by atoms with E-state index in [2.05, 4.69) is 26.7 Å². The van der Waals surface area contributed by atoms with Crippen molar-refractivity contribution in [1.29, 1.82) is 0 Å². The number of aryl methyl sites for hydroxylation is 1. The quantitative estimate of drug-likeness (QED) is 0.315. The zero-order valence-corrected chi connectivity index (χ0v) is 21.3. The van der Waals surface area contributed by atoms with E-state index in [1.807, 2.05) is 44.2 Å². The van der Waals surface area contributed by atoms with Crippen molar-refractivity contribution in [2.45, 2.75) is 13.8 Å². The molecule has 0 aromatic heterocycles. The highest BCUT2D eigenvalue weighted by Gasteiger charge is 2.34. The van der Waals surface area contributed by atoms with Gasteiger partial charge in [-0.25, -0.2) is 5.01 Å². The lowest BCUT2D eigenvalue weighted by Gasteiger charge is -2.14. The molecule has 1 aliphatic rings. The molecule has 0 unspecified atom stereocenters. The van der Waals surface area contributed by atoms with Gasteiger partial charge in [-0.2, -0.15) is 0 Å². The summed E-state index contributed by atoms with van der Waals surface area (Å²) in [6.07, 6.45) is 1.49. The summed E-state index contributed by atoms with van der Waals surface area (Å²) in [6.45, 7) is 3.91. The van der Waals surface area contributed by atoms with Crippen LogP contribution in [0, 0.1) is 6.92 Å². The predicted octanol–water partition coefficient (Wildman–Crippen LogP) is 4.64. The van der Waals surface area contributed by atoms with Gasteiger partial charge in [-0.15, -0.1) is 0 Å². The molecule has 4 rings (SSSR count). The van der Waals surface area contributed by atoms with E-state index < -0.39 is 11.8 Å². The van der Waals surface area contributed by atoms with Crippen molar-refractivity contribution in [3.63, 3.8) is 0 Å². The Labute approximate surface area is 217 Å². The molecule has 0 atom stereocenters. The topological polar surface area (TPSA) is 97.0 Å². The summed E-state index contributed by atoms with van der Waals surface area (Å²) in [5.74, 6) is -0.580. The number of nitrogens with zero attached hydrogens (tertiary/aromatic N) is 1. The Morgan fingerprint density at radius 2 is 1.72 bits per heavy atom. The molecule has 3 amide bonds. The van der Waals surface area contributed by atoms with Crippen LogP contribution in [0.4, 0.5) is 11.4 Å². The first-order valence-electron chi connectivity index (χ1n) is 11.2. The van der Waals surface area contributed by atoms with E-state index in [4.69, 9.17) is 9.47 Å². The number of amides is 3. The number of benzene rings is 3. The van der Waals surface area contributed by atoms with E-state index in [0.717, 1.165) is 5.56 Å². The Bertz CT molecular complexity index is 1320. The monoisotopic (exact) mass is 549 g/mol. The lowest BCUT2D eigenvalue weighted by atomic mass is 10.1. The minimum atomic E-state index is -0.512. The molecule has 3 aromatic carbocycles. The number of carbonyl (C=O) groups excluding carboxylic acids is 3. The lowest BCUT2D eigenvalue weighted by Crippen LogP contribution is -2.35. The number of hydrogen-bond donors (Lipinski definition) is 2. The fourth-order valence-corrected chi connectivity index (χ4v) is 3.93. The molecule has 184 valence electrons. The van der Waals surface area contributed by atoms with Crippen molar-refractivity contribution in [1.82, 2.24) is 5.43 Å². The minimum Gasteiger partial charge on any atom is -0.490 e. The Morgan fingerprint density at radius 1 is 1.03 bits per heavy atom. The van der Waals surface area contributed by atoms with Gasteiger partial charge >= 0.3 is 0 Å². The zero-order valence-electron chi connectivity index (χ0n) is 19.7. The molecule has 0 spiro atoms. The summed E-state index contributed by atoms with van der Waals surface area (Å²) < 4.78 is 12.0. The van der Waals surface area contributed by atoms with E-state index in [1.54, 1.807) is 36.4 Å². The maximum Gasteiger partial charge on any atom is 0.282 e. The molecule has 0 saturated carbocycles. The van der Waals surface area contributed by atoms with Crippen molar-refractivity contribution >= 4 is 51.1 Å². The minimum absolute atomic E-state index is 0.0202. The molecule has 8 nitrogen and oxygen atoms in total. The van der Waals surface area contributed by atoms with Crippen LogP contribution in [0.25, 0.3) is 6.08 Å². The molecule has 36 heavy (non-hydrogen) atoms. The van der Waals surface area contributed by atoms with Gasteiger partial charge in [0.2, 0.25) is 0 Å². The Morgan fingerprint density at radius 3 is 2.42 bits per heavy atom. The van der Waals surface area contributed by atoms with Crippen LogP contribution in [-0.2, 0) is 14.4 Å². The van der Waals surface area contributed by atoms with Gasteiger partial charge in [-0.1, -0.05) is 51.8 Å². The summed E-state index contributed by atoms with van der Waals surface area (Å²) in [5.41, 5.74) is 5.42. The predicted molar refractivity (Wildman–Crippen MR) is 141 cm³/mol. The molecular formula is C27H24BrN3O5. The number of rotatable bonds is 8. The molecular weight excluding hydrogens is 526 g/mol. The second-order valence-electron chi connectivity index (χ2n) is 7.93. The number of carbonyl (C=O) groups is 3. The van der Waals surface area contributed by atoms with Crippen LogP contribution in [0.5, 0.6) is 11.5 Å². The maximum atomic E-state index is 12.9. The van der Waals surface area contributed by atoms with Crippen molar-refractivity contribution < 1.29 is 23.9 Å². The van der Waals surface area contributed by atoms with E-state index >= 15 is 0 Å². The Kier molecular flexibility index (Phi) is 7.70. The normalized spacial score (nSPS) is 14.1. The van der Waals surface area contributed by atoms with Crippen molar-refractivity contribution in [2.24, 2.45) is 0 Å². The highest BCUT2D eigenvalue weighted by atomic mass is 79.9. The molecule has 0 aliphatic carbocycles.